The summed E-state index contributed by atoms with van der Waals surface area (Å²) in [6, 6.07) is 0.739. The number of allylic oxidation sites excluding steroid dienone is 2. The summed E-state index contributed by atoms with van der Waals surface area (Å²) in [6.07, 6.45) is 10.7. The van der Waals surface area contributed by atoms with Crippen molar-refractivity contribution < 1.29 is 0 Å². The van der Waals surface area contributed by atoms with Gasteiger partial charge in [0.2, 0.25) is 0 Å². The van der Waals surface area contributed by atoms with Gasteiger partial charge in [0.05, 0.1) is 0 Å². The second-order valence-corrected chi connectivity index (χ2v) is 6.22. The molecule has 3 heterocycles. The van der Waals surface area contributed by atoms with Gasteiger partial charge in [0.15, 0.2) is 0 Å². The van der Waals surface area contributed by atoms with Crippen LogP contribution in [-0.4, -0.2) is 68.2 Å². The first-order chi connectivity index (χ1) is 9.90. The molecule has 3 aliphatic heterocycles. The maximum Gasteiger partial charge on any atom is 0.0382 e. The Bertz CT molecular complexity index is 349. The summed E-state index contributed by atoms with van der Waals surface area (Å²) in [4.78, 5) is 5.21. The van der Waals surface area contributed by atoms with E-state index in [-0.39, 0.29) is 0 Å². The summed E-state index contributed by atoms with van der Waals surface area (Å²) in [5.41, 5.74) is 1.37. The van der Waals surface area contributed by atoms with E-state index in [4.69, 9.17) is 0 Å². The Hall–Kier alpha value is -0.840. The van der Waals surface area contributed by atoms with Gasteiger partial charge in [-0.3, -0.25) is 9.80 Å². The Kier molecular flexibility index (Phi) is 5.12. The minimum atomic E-state index is 0.739. The molecule has 0 aliphatic carbocycles. The standard InChI is InChI=1S/C16H28N4/c1-3-7-17-15(5-1)13-19-9-11-20(12-10-19)14-16-6-2-4-8-18-16/h1,3,5,16-18H,2,4,6-14H2. The summed E-state index contributed by atoms with van der Waals surface area (Å²) < 4.78 is 0. The van der Waals surface area contributed by atoms with Crippen molar-refractivity contribution >= 4 is 0 Å². The first-order valence-electron chi connectivity index (χ1n) is 8.18. The molecule has 4 heteroatoms. The van der Waals surface area contributed by atoms with Gasteiger partial charge in [-0.15, -0.1) is 0 Å². The molecule has 0 radical (unpaired) electrons. The number of hydrogen-bond donors (Lipinski definition) is 2. The predicted octanol–water partition coefficient (Wildman–Crippen LogP) is 0.789. The van der Waals surface area contributed by atoms with Gasteiger partial charge in [-0.25, -0.2) is 0 Å². The van der Waals surface area contributed by atoms with E-state index in [1.165, 1.54) is 64.2 Å². The zero-order chi connectivity index (χ0) is 13.6. The van der Waals surface area contributed by atoms with Crippen LogP contribution in [0.25, 0.3) is 0 Å². The molecule has 1 atom stereocenters. The van der Waals surface area contributed by atoms with E-state index in [1.807, 2.05) is 0 Å². The second kappa shape index (κ2) is 7.25. The Morgan fingerprint density at radius 1 is 1.10 bits per heavy atom. The van der Waals surface area contributed by atoms with Gasteiger partial charge in [0.25, 0.3) is 0 Å². The van der Waals surface area contributed by atoms with Crippen molar-refractivity contribution in [3.8, 4) is 0 Å². The Morgan fingerprint density at radius 3 is 2.65 bits per heavy atom. The summed E-state index contributed by atoms with van der Waals surface area (Å²) >= 11 is 0. The molecule has 0 aromatic heterocycles. The minimum Gasteiger partial charge on any atom is -0.384 e. The molecule has 2 N–H and O–H groups in total. The molecule has 2 fully saturated rings. The van der Waals surface area contributed by atoms with Gasteiger partial charge in [0, 0.05) is 57.6 Å². The fraction of sp³-hybridized carbons (Fsp3) is 0.750. The van der Waals surface area contributed by atoms with Gasteiger partial charge >= 0.3 is 0 Å². The largest absolute Gasteiger partial charge is 0.384 e. The summed E-state index contributed by atoms with van der Waals surface area (Å²) in [7, 11) is 0. The van der Waals surface area contributed by atoms with Gasteiger partial charge in [0.1, 0.15) is 0 Å². The topological polar surface area (TPSA) is 30.5 Å². The summed E-state index contributed by atoms with van der Waals surface area (Å²) in [6.45, 7) is 9.39. The highest BCUT2D eigenvalue weighted by Crippen LogP contribution is 2.11. The number of hydrogen-bond acceptors (Lipinski definition) is 4. The predicted molar refractivity (Wildman–Crippen MR) is 83.7 cm³/mol. The number of dihydropyridines is 1. The molecule has 0 bridgehead atoms. The van der Waals surface area contributed by atoms with E-state index in [0.717, 1.165) is 19.1 Å². The monoisotopic (exact) mass is 276 g/mol. The number of nitrogens with one attached hydrogen (secondary N) is 2. The summed E-state index contributed by atoms with van der Waals surface area (Å²) in [5.74, 6) is 0. The molecular formula is C16H28N4. The summed E-state index contributed by atoms with van der Waals surface area (Å²) in [5, 5.41) is 7.11. The maximum atomic E-state index is 3.66. The number of piperidine rings is 1. The molecule has 0 spiro atoms. The van der Waals surface area contributed by atoms with Crippen LogP contribution in [0.5, 0.6) is 0 Å². The molecule has 20 heavy (non-hydrogen) atoms. The van der Waals surface area contributed by atoms with Gasteiger partial charge in [-0.1, -0.05) is 18.6 Å². The second-order valence-electron chi connectivity index (χ2n) is 6.22. The third-order valence-corrected chi connectivity index (χ3v) is 4.63. The average molecular weight is 276 g/mol. The fourth-order valence-corrected chi connectivity index (χ4v) is 3.37. The molecule has 1 unspecified atom stereocenters. The van der Waals surface area contributed by atoms with Crippen LogP contribution in [0, 0.1) is 0 Å². The SMILES string of the molecule is C1=CCNC(CN2CCN(CC3CCCCN3)CC2)=C1. The number of piperazine rings is 1. The zero-order valence-electron chi connectivity index (χ0n) is 12.5. The minimum absolute atomic E-state index is 0.739. The van der Waals surface area contributed by atoms with Crippen molar-refractivity contribution in [1.82, 2.24) is 20.4 Å². The molecule has 4 nitrogen and oxygen atoms in total. The molecule has 0 amide bonds. The van der Waals surface area contributed by atoms with Crippen LogP contribution in [0.2, 0.25) is 0 Å². The molecular weight excluding hydrogens is 248 g/mol. The van der Waals surface area contributed by atoms with Crippen LogP contribution in [0.4, 0.5) is 0 Å². The molecule has 3 aliphatic rings. The highest BCUT2D eigenvalue weighted by molar-refractivity contribution is 5.17. The van der Waals surface area contributed by atoms with E-state index in [2.05, 4.69) is 38.7 Å². The quantitative estimate of drug-likeness (QED) is 0.795. The van der Waals surface area contributed by atoms with E-state index < -0.39 is 0 Å². The number of nitrogens with zero attached hydrogens (tertiary/aromatic N) is 2. The van der Waals surface area contributed by atoms with Crippen molar-refractivity contribution in [3.05, 3.63) is 23.9 Å². The highest BCUT2D eigenvalue weighted by Gasteiger charge is 2.21. The lowest BCUT2D eigenvalue weighted by atomic mass is 10.0. The third-order valence-electron chi connectivity index (χ3n) is 4.63. The van der Waals surface area contributed by atoms with Crippen LogP contribution < -0.4 is 10.6 Å². The van der Waals surface area contributed by atoms with Crippen LogP contribution >= 0.6 is 0 Å². The van der Waals surface area contributed by atoms with Gasteiger partial charge in [-0.2, -0.15) is 0 Å². The Labute approximate surface area is 122 Å². The van der Waals surface area contributed by atoms with E-state index in [1.54, 1.807) is 0 Å². The molecule has 2 saturated heterocycles. The first-order valence-corrected chi connectivity index (χ1v) is 8.18. The lowest BCUT2D eigenvalue weighted by Crippen LogP contribution is -2.52. The van der Waals surface area contributed by atoms with Crippen molar-refractivity contribution in [2.45, 2.75) is 25.3 Å². The van der Waals surface area contributed by atoms with Crippen LogP contribution in [0.1, 0.15) is 19.3 Å². The van der Waals surface area contributed by atoms with E-state index >= 15 is 0 Å². The van der Waals surface area contributed by atoms with Gasteiger partial charge in [-0.05, 0) is 25.5 Å². The molecule has 3 rings (SSSR count). The van der Waals surface area contributed by atoms with Crippen LogP contribution in [-0.2, 0) is 0 Å². The van der Waals surface area contributed by atoms with E-state index in [9.17, 15) is 0 Å². The Balaban J connectivity index is 1.38. The van der Waals surface area contributed by atoms with Crippen molar-refractivity contribution in [3.63, 3.8) is 0 Å². The number of rotatable bonds is 4. The van der Waals surface area contributed by atoms with Crippen LogP contribution in [0.15, 0.2) is 23.9 Å². The lowest BCUT2D eigenvalue weighted by Gasteiger charge is -2.37. The Morgan fingerprint density at radius 2 is 1.95 bits per heavy atom. The van der Waals surface area contributed by atoms with Crippen molar-refractivity contribution in [2.24, 2.45) is 0 Å². The molecule has 112 valence electrons. The van der Waals surface area contributed by atoms with Crippen molar-refractivity contribution in [2.75, 3.05) is 52.4 Å². The molecule has 0 saturated carbocycles. The zero-order valence-corrected chi connectivity index (χ0v) is 12.5. The molecule has 0 aromatic carbocycles. The smallest absolute Gasteiger partial charge is 0.0382 e. The lowest BCUT2D eigenvalue weighted by molar-refractivity contribution is 0.124. The van der Waals surface area contributed by atoms with Crippen molar-refractivity contribution in [1.29, 1.82) is 0 Å². The van der Waals surface area contributed by atoms with Gasteiger partial charge < -0.3 is 10.6 Å². The average Bonchev–Trinajstić information content (AvgIpc) is 2.51. The van der Waals surface area contributed by atoms with E-state index in [0.29, 0.717) is 0 Å². The maximum absolute atomic E-state index is 3.66. The highest BCUT2D eigenvalue weighted by atomic mass is 15.3. The fourth-order valence-electron chi connectivity index (χ4n) is 3.37. The molecule has 0 aromatic rings. The first kappa shape index (κ1) is 14.1. The van der Waals surface area contributed by atoms with Crippen LogP contribution in [0.3, 0.4) is 0 Å². The third kappa shape index (κ3) is 4.08. The normalized spacial score (nSPS) is 29.0.